The van der Waals surface area contributed by atoms with E-state index in [1.165, 1.54) is 15.8 Å². The van der Waals surface area contributed by atoms with Crippen LogP contribution in [0.3, 0.4) is 0 Å². The Morgan fingerprint density at radius 3 is 2.76 bits per heavy atom. The number of thiophene rings is 1. The van der Waals surface area contributed by atoms with Gasteiger partial charge in [-0.15, -0.1) is 11.3 Å². The van der Waals surface area contributed by atoms with E-state index >= 15 is 0 Å². The Kier molecular flexibility index (Phi) is 5.32. The van der Waals surface area contributed by atoms with Gasteiger partial charge in [-0.2, -0.15) is 0 Å². The summed E-state index contributed by atoms with van der Waals surface area (Å²) in [6, 6.07) is 6.72. The number of carbonyl (C=O) groups is 2. The van der Waals surface area contributed by atoms with Gasteiger partial charge in [0, 0.05) is 22.5 Å². The average Bonchev–Trinajstić information content (AvgIpc) is 3.08. The highest BCUT2D eigenvalue weighted by Gasteiger charge is 2.23. The largest absolute Gasteiger partial charge is 0.326 e. The number of anilines is 1. The maximum absolute atomic E-state index is 13.0. The molecule has 0 radical (unpaired) electrons. The number of nitrogens with zero attached hydrogens (tertiary/aromatic N) is 2. The van der Waals surface area contributed by atoms with Crippen LogP contribution in [0.25, 0.3) is 10.2 Å². The van der Waals surface area contributed by atoms with E-state index in [1.807, 2.05) is 0 Å². The molecule has 1 atom stereocenters. The molecule has 4 rings (SSSR count). The Morgan fingerprint density at radius 1 is 1.28 bits per heavy atom. The van der Waals surface area contributed by atoms with Crippen molar-refractivity contribution in [1.82, 2.24) is 9.55 Å². The van der Waals surface area contributed by atoms with E-state index in [2.05, 4.69) is 17.2 Å². The van der Waals surface area contributed by atoms with Crippen LogP contribution < -0.4 is 10.9 Å². The van der Waals surface area contributed by atoms with Crippen LogP contribution in [0.5, 0.6) is 0 Å². The fraction of sp³-hybridized carbons (Fsp3) is 0.364. The van der Waals surface area contributed by atoms with Crippen molar-refractivity contribution >= 4 is 38.9 Å². The summed E-state index contributed by atoms with van der Waals surface area (Å²) in [6.45, 7) is 3.96. The van der Waals surface area contributed by atoms with Crippen LogP contribution in [0.1, 0.15) is 47.5 Å². The molecule has 7 heteroatoms. The number of benzene rings is 1. The third-order valence-corrected chi connectivity index (χ3v) is 6.57. The first-order valence-corrected chi connectivity index (χ1v) is 10.7. The first kappa shape index (κ1) is 19.5. The Morgan fingerprint density at radius 2 is 2.03 bits per heavy atom. The third kappa shape index (κ3) is 3.87. The lowest BCUT2D eigenvalue weighted by atomic mass is 9.89. The van der Waals surface area contributed by atoms with Gasteiger partial charge in [-0.25, -0.2) is 4.98 Å². The van der Waals surface area contributed by atoms with Crippen molar-refractivity contribution in [3.05, 3.63) is 57.0 Å². The molecule has 0 saturated carbocycles. The Balaban J connectivity index is 1.58. The zero-order chi connectivity index (χ0) is 20.5. The quantitative estimate of drug-likeness (QED) is 0.650. The smallest absolute Gasteiger partial charge is 0.262 e. The molecular formula is C22H23N3O3S. The van der Waals surface area contributed by atoms with E-state index < -0.39 is 0 Å². The molecule has 2 aromatic heterocycles. The molecule has 29 heavy (non-hydrogen) atoms. The fourth-order valence-electron chi connectivity index (χ4n) is 3.71. The zero-order valence-electron chi connectivity index (χ0n) is 16.5. The minimum absolute atomic E-state index is 0.0521. The summed E-state index contributed by atoms with van der Waals surface area (Å²) in [5.41, 5.74) is 2.13. The molecule has 2 heterocycles. The van der Waals surface area contributed by atoms with Gasteiger partial charge in [0.15, 0.2) is 5.78 Å². The second-order valence-electron chi connectivity index (χ2n) is 7.61. The van der Waals surface area contributed by atoms with E-state index in [1.54, 1.807) is 42.5 Å². The van der Waals surface area contributed by atoms with E-state index in [9.17, 15) is 14.4 Å². The first-order chi connectivity index (χ1) is 14.0. The van der Waals surface area contributed by atoms with Crippen molar-refractivity contribution in [2.24, 2.45) is 5.92 Å². The number of hydrogen-bond acceptors (Lipinski definition) is 5. The molecule has 1 aliphatic rings. The van der Waals surface area contributed by atoms with E-state index in [4.69, 9.17) is 0 Å². The maximum Gasteiger partial charge on any atom is 0.262 e. The lowest BCUT2D eigenvalue weighted by Crippen LogP contribution is -2.25. The topological polar surface area (TPSA) is 81.1 Å². The predicted octanol–water partition coefficient (Wildman–Crippen LogP) is 3.81. The van der Waals surface area contributed by atoms with Gasteiger partial charge in [0.1, 0.15) is 4.83 Å². The van der Waals surface area contributed by atoms with Gasteiger partial charge in [-0.1, -0.05) is 13.8 Å². The van der Waals surface area contributed by atoms with Crippen LogP contribution in [-0.2, 0) is 24.2 Å². The van der Waals surface area contributed by atoms with Crippen molar-refractivity contribution in [3.63, 3.8) is 0 Å². The molecule has 3 aromatic rings. The summed E-state index contributed by atoms with van der Waals surface area (Å²) in [6.07, 6.45) is 4.84. The van der Waals surface area contributed by atoms with E-state index in [-0.39, 0.29) is 23.8 Å². The molecule has 1 amide bonds. The highest BCUT2D eigenvalue weighted by atomic mass is 32.1. The molecule has 0 bridgehead atoms. The summed E-state index contributed by atoms with van der Waals surface area (Å²) in [5.74, 6) is 0.382. The van der Waals surface area contributed by atoms with Gasteiger partial charge in [0.05, 0.1) is 18.3 Å². The number of amides is 1. The van der Waals surface area contributed by atoms with Crippen LogP contribution in [0, 0.1) is 5.92 Å². The van der Waals surface area contributed by atoms with Gasteiger partial charge in [0.25, 0.3) is 5.56 Å². The second-order valence-corrected chi connectivity index (χ2v) is 8.70. The Labute approximate surface area is 172 Å². The summed E-state index contributed by atoms with van der Waals surface area (Å²) in [7, 11) is 0. The molecule has 150 valence electrons. The summed E-state index contributed by atoms with van der Waals surface area (Å²) in [4.78, 5) is 43.7. The normalized spacial score (nSPS) is 15.9. The van der Waals surface area contributed by atoms with Crippen molar-refractivity contribution in [2.75, 3.05) is 5.32 Å². The van der Waals surface area contributed by atoms with Gasteiger partial charge in [-0.05, 0) is 55.0 Å². The number of fused-ring (bicyclic) bond motifs is 3. The number of Topliss-reactive ketones (excluding diaryl/α,β-unsaturated/α-hetero) is 1. The number of nitrogens with one attached hydrogen (secondary N) is 1. The van der Waals surface area contributed by atoms with Gasteiger partial charge in [-0.3, -0.25) is 19.0 Å². The standard InChI is InChI=1S/C22H23N3O3S/c1-3-19(27)24-15-7-5-14(6-8-15)17(26)11-25-12-23-21-20(22(25)28)16-9-4-13(2)10-18(16)29-21/h5-8,12-13H,3-4,9-11H2,1-2H3,(H,24,27). The lowest BCUT2D eigenvalue weighted by Gasteiger charge is -2.17. The fourth-order valence-corrected chi connectivity index (χ4v) is 5.05. The maximum atomic E-state index is 13.0. The SMILES string of the molecule is CCC(=O)Nc1ccc(C(=O)Cn2cnc3sc4c(c3c2=O)CCC(C)C4)cc1. The number of hydrogen-bond donors (Lipinski definition) is 1. The molecule has 0 fully saturated rings. The van der Waals surface area contributed by atoms with Gasteiger partial charge < -0.3 is 5.32 Å². The number of rotatable bonds is 5. The van der Waals surface area contributed by atoms with Gasteiger partial charge >= 0.3 is 0 Å². The van der Waals surface area contributed by atoms with E-state index in [0.29, 0.717) is 29.0 Å². The van der Waals surface area contributed by atoms with Crippen molar-refractivity contribution < 1.29 is 9.59 Å². The van der Waals surface area contributed by atoms with Crippen LogP contribution >= 0.6 is 11.3 Å². The summed E-state index contributed by atoms with van der Waals surface area (Å²) >= 11 is 1.61. The summed E-state index contributed by atoms with van der Waals surface area (Å²) in [5, 5.41) is 3.44. The summed E-state index contributed by atoms with van der Waals surface area (Å²) < 4.78 is 1.41. The van der Waals surface area contributed by atoms with Gasteiger partial charge in [0.2, 0.25) is 5.91 Å². The highest BCUT2D eigenvalue weighted by molar-refractivity contribution is 7.18. The van der Waals surface area contributed by atoms with Crippen molar-refractivity contribution in [3.8, 4) is 0 Å². The van der Waals surface area contributed by atoms with Crippen LogP contribution in [0.15, 0.2) is 35.4 Å². The van der Waals surface area contributed by atoms with Crippen LogP contribution in [0.2, 0.25) is 0 Å². The number of aryl methyl sites for hydroxylation is 1. The third-order valence-electron chi connectivity index (χ3n) is 5.41. The Hall–Kier alpha value is -2.80. The molecule has 0 aliphatic heterocycles. The van der Waals surface area contributed by atoms with Crippen molar-refractivity contribution in [1.29, 1.82) is 0 Å². The number of ketones is 1. The highest BCUT2D eigenvalue weighted by Crippen LogP contribution is 2.35. The van der Waals surface area contributed by atoms with Crippen LogP contribution in [-0.4, -0.2) is 21.2 Å². The first-order valence-electron chi connectivity index (χ1n) is 9.89. The van der Waals surface area contributed by atoms with Crippen molar-refractivity contribution in [2.45, 2.75) is 46.1 Å². The molecular weight excluding hydrogens is 386 g/mol. The molecule has 1 N–H and O–H groups in total. The number of aromatic nitrogens is 2. The molecule has 1 unspecified atom stereocenters. The minimum atomic E-state index is -0.167. The minimum Gasteiger partial charge on any atom is -0.326 e. The molecule has 1 aliphatic carbocycles. The van der Waals surface area contributed by atoms with E-state index in [0.717, 1.165) is 29.7 Å². The lowest BCUT2D eigenvalue weighted by molar-refractivity contribution is -0.115. The molecule has 0 spiro atoms. The molecule has 1 aromatic carbocycles. The number of carbonyl (C=O) groups excluding carboxylic acids is 2. The molecule has 6 nitrogen and oxygen atoms in total. The Bertz CT molecular complexity index is 1140. The zero-order valence-corrected chi connectivity index (χ0v) is 17.3. The second kappa shape index (κ2) is 7.91. The average molecular weight is 410 g/mol. The monoisotopic (exact) mass is 409 g/mol. The van der Waals surface area contributed by atoms with Crippen LogP contribution in [0.4, 0.5) is 5.69 Å². The molecule has 0 saturated heterocycles. The predicted molar refractivity (Wildman–Crippen MR) is 115 cm³/mol.